The molecule has 1 fully saturated rings. The number of hydrogen-bond acceptors (Lipinski definition) is 3. The third-order valence-electron chi connectivity index (χ3n) is 3.72. The lowest BCUT2D eigenvalue weighted by Gasteiger charge is -2.26. The van der Waals surface area contributed by atoms with E-state index in [1.807, 2.05) is 33.8 Å². The molecule has 0 radical (unpaired) electrons. The van der Waals surface area contributed by atoms with Gasteiger partial charge < -0.3 is 9.64 Å². The van der Waals surface area contributed by atoms with Crippen molar-refractivity contribution in [3.63, 3.8) is 0 Å². The van der Waals surface area contributed by atoms with E-state index in [9.17, 15) is 4.79 Å². The Balaban J connectivity index is 2.08. The lowest BCUT2D eigenvalue weighted by atomic mass is 10.1. The summed E-state index contributed by atoms with van der Waals surface area (Å²) in [4.78, 5) is 14.6. The molecule has 0 unspecified atom stereocenters. The molecule has 1 aliphatic rings. The van der Waals surface area contributed by atoms with Crippen LogP contribution in [0.25, 0.3) is 10.9 Å². The topological polar surface area (TPSA) is 47.4 Å². The number of para-hydroxylation sites is 1. The molecule has 0 N–H and O–H groups in total. The van der Waals surface area contributed by atoms with Crippen molar-refractivity contribution in [2.75, 3.05) is 26.3 Å². The highest BCUT2D eigenvalue weighted by Crippen LogP contribution is 2.25. The SMILES string of the molecule is CC(C)(C)n1nc(C(=O)N2CCOCC2)c2ccccc21. The first kappa shape index (κ1) is 14.1. The molecule has 0 bridgehead atoms. The van der Waals surface area contributed by atoms with Gasteiger partial charge in [-0.25, -0.2) is 0 Å². The second kappa shape index (κ2) is 5.15. The van der Waals surface area contributed by atoms with E-state index >= 15 is 0 Å². The quantitative estimate of drug-likeness (QED) is 0.808. The Bertz CT molecular complexity index is 664. The lowest BCUT2D eigenvalue weighted by Crippen LogP contribution is -2.41. The van der Waals surface area contributed by atoms with Crippen LogP contribution >= 0.6 is 0 Å². The molecule has 0 spiro atoms. The molecule has 1 saturated heterocycles. The predicted molar refractivity (Wildman–Crippen MR) is 81.5 cm³/mol. The molecule has 112 valence electrons. The molecule has 0 aliphatic carbocycles. The first-order valence-corrected chi connectivity index (χ1v) is 7.34. The summed E-state index contributed by atoms with van der Waals surface area (Å²) in [7, 11) is 0. The van der Waals surface area contributed by atoms with Gasteiger partial charge in [0.2, 0.25) is 0 Å². The van der Waals surface area contributed by atoms with Gasteiger partial charge in [0.25, 0.3) is 5.91 Å². The van der Waals surface area contributed by atoms with Gasteiger partial charge in [-0.15, -0.1) is 0 Å². The first-order chi connectivity index (χ1) is 9.98. The molecule has 3 rings (SSSR count). The van der Waals surface area contributed by atoms with Crippen LogP contribution in [0.1, 0.15) is 31.3 Å². The highest BCUT2D eigenvalue weighted by molar-refractivity contribution is 6.05. The van der Waals surface area contributed by atoms with Crippen molar-refractivity contribution in [1.82, 2.24) is 14.7 Å². The lowest BCUT2D eigenvalue weighted by molar-refractivity contribution is 0.0299. The number of aromatic nitrogens is 2. The van der Waals surface area contributed by atoms with Crippen molar-refractivity contribution in [2.45, 2.75) is 26.3 Å². The number of carbonyl (C=O) groups is 1. The molecule has 1 aromatic carbocycles. The molecule has 2 aromatic rings. The van der Waals surface area contributed by atoms with Gasteiger partial charge in [0.15, 0.2) is 5.69 Å². The zero-order chi connectivity index (χ0) is 15.0. The van der Waals surface area contributed by atoms with Gasteiger partial charge in [0, 0.05) is 18.5 Å². The maximum Gasteiger partial charge on any atom is 0.275 e. The van der Waals surface area contributed by atoms with Gasteiger partial charge in [0.1, 0.15) is 0 Å². The Morgan fingerprint density at radius 1 is 1.19 bits per heavy atom. The van der Waals surface area contributed by atoms with Crippen LogP contribution < -0.4 is 0 Å². The van der Waals surface area contributed by atoms with Crippen LogP contribution in [0.4, 0.5) is 0 Å². The predicted octanol–water partition coefficient (Wildman–Crippen LogP) is 2.26. The molecule has 1 aromatic heterocycles. The number of hydrogen-bond donors (Lipinski definition) is 0. The van der Waals surface area contributed by atoms with Crippen molar-refractivity contribution in [2.24, 2.45) is 0 Å². The molecular weight excluding hydrogens is 266 g/mol. The van der Waals surface area contributed by atoms with E-state index in [4.69, 9.17) is 4.74 Å². The van der Waals surface area contributed by atoms with Gasteiger partial charge in [-0.05, 0) is 26.8 Å². The number of fused-ring (bicyclic) bond motifs is 1. The maximum atomic E-state index is 12.7. The Kier molecular flexibility index (Phi) is 3.45. The fraction of sp³-hybridized carbons (Fsp3) is 0.500. The number of morpholine rings is 1. The summed E-state index contributed by atoms with van der Waals surface area (Å²) >= 11 is 0. The number of amides is 1. The summed E-state index contributed by atoms with van der Waals surface area (Å²) in [5, 5.41) is 5.54. The monoisotopic (exact) mass is 287 g/mol. The van der Waals surface area contributed by atoms with E-state index in [1.165, 1.54) is 0 Å². The fourth-order valence-electron chi connectivity index (χ4n) is 2.65. The van der Waals surface area contributed by atoms with Gasteiger partial charge in [-0.2, -0.15) is 5.10 Å². The van der Waals surface area contributed by atoms with Gasteiger partial charge in [0.05, 0.1) is 24.3 Å². The summed E-state index contributed by atoms with van der Waals surface area (Å²) in [6.07, 6.45) is 0. The van der Waals surface area contributed by atoms with Crippen molar-refractivity contribution >= 4 is 16.8 Å². The average Bonchev–Trinajstić information content (AvgIpc) is 2.87. The van der Waals surface area contributed by atoms with E-state index in [2.05, 4.69) is 25.9 Å². The van der Waals surface area contributed by atoms with Gasteiger partial charge >= 0.3 is 0 Å². The molecular formula is C16H21N3O2. The second-order valence-corrected chi connectivity index (χ2v) is 6.35. The average molecular weight is 287 g/mol. The zero-order valence-electron chi connectivity index (χ0n) is 12.8. The summed E-state index contributed by atoms with van der Waals surface area (Å²) in [6.45, 7) is 8.75. The maximum absolute atomic E-state index is 12.7. The Labute approximate surface area is 124 Å². The van der Waals surface area contributed by atoms with E-state index in [-0.39, 0.29) is 11.4 Å². The number of rotatable bonds is 1. The minimum Gasteiger partial charge on any atom is -0.378 e. The normalized spacial score (nSPS) is 16.4. The summed E-state index contributed by atoms with van der Waals surface area (Å²) in [6, 6.07) is 7.92. The number of nitrogens with zero attached hydrogens (tertiary/aromatic N) is 3. The highest BCUT2D eigenvalue weighted by atomic mass is 16.5. The molecule has 1 aliphatic heterocycles. The Hall–Kier alpha value is -1.88. The first-order valence-electron chi connectivity index (χ1n) is 7.34. The van der Waals surface area contributed by atoms with Crippen LogP contribution in [0, 0.1) is 0 Å². The van der Waals surface area contributed by atoms with Crippen molar-refractivity contribution in [3.05, 3.63) is 30.0 Å². The van der Waals surface area contributed by atoms with Crippen LogP contribution in [0.15, 0.2) is 24.3 Å². The van der Waals surface area contributed by atoms with Gasteiger partial charge in [-0.1, -0.05) is 18.2 Å². The van der Waals surface area contributed by atoms with Crippen LogP contribution in [0.3, 0.4) is 0 Å². The van der Waals surface area contributed by atoms with E-state index in [0.717, 1.165) is 10.9 Å². The Morgan fingerprint density at radius 3 is 2.52 bits per heavy atom. The molecule has 21 heavy (non-hydrogen) atoms. The smallest absolute Gasteiger partial charge is 0.275 e. The minimum absolute atomic E-state index is 0.00231. The number of carbonyl (C=O) groups excluding carboxylic acids is 1. The van der Waals surface area contributed by atoms with E-state index < -0.39 is 0 Å². The van der Waals surface area contributed by atoms with E-state index in [1.54, 1.807) is 0 Å². The standard InChI is InChI=1S/C16H21N3O2/c1-16(2,3)19-13-7-5-4-6-12(13)14(17-19)15(20)18-8-10-21-11-9-18/h4-7H,8-11H2,1-3H3. The van der Waals surface area contributed by atoms with Crippen LogP contribution in [-0.2, 0) is 10.3 Å². The fourth-order valence-corrected chi connectivity index (χ4v) is 2.65. The molecule has 1 amide bonds. The summed E-state index contributed by atoms with van der Waals surface area (Å²) in [5.74, 6) is -0.00231. The molecule has 5 nitrogen and oxygen atoms in total. The molecule has 0 atom stereocenters. The molecule has 5 heteroatoms. The summed E-state index contributed by atoms with van der Waals surface area (Å²) < 4.78 is 7.25. The molecule has 0 saturated carbocycles. The number of benzene rings is 1. The summed E-state index contributed by atoms with van der Waals surface area (Å²) in [5.41, 5.74) is 1.38. The van der Waals surface area contributed by atoms with Crippen LogP contribution in [0.5, 0.6) is 0 Å². The third kappa shape index (κ3) is 2.53. The third-order valence-corrected chi connectivity index (χ3v) is 3.72. The second-order valence-electron chi connectivity index (χ2n) is 6.35. The largest absolute Gasteiger partial charge is 0.378 e. The van der Waals surface area contributed by atoms with Crippen molar-refractivity contribution in [1.29, 1.82) is 0 Å². The molecule has 2 heterocycles. The van der Waals surface area contributed by atoms with E-state index in [0.29, 0.717) is 32.0 Å². The highest BCUT2D eigenvalue weighted by Gasteiger charge is 2.26. The number of ether oxygens (including phenoxy) is 1. The Morgan fingerprint density at radius 2 is 1.86 bits per heavy atom. The zero-order valence-corrected chi connectivity index (χ0v) is 12.8. The van der Waals surface area contributed by atoms with Crippen molar-refractivity contribution in [3.8, 4) is 0 Å². The van der Waals surface area contributed by atoms with Crippen LogP contribution in [0.2, 0.25) is 0 Å². The van der Waals surface area contributed by atoms with Crippen LogP contribution in [-0.4, -0.2) is 46.9 Å². The van der Waals surface area contributed by atoms with Gasteiger partial charge in [-0.3, -0.25) is 9.48 Å². The minimum atomic E-state index is -0.164. The van der Waals surface area contributed by atoms with Crippen molar-refractivity contribution < 1.29 is 9.53 Å².